The Hall–Kier alpha value is -4.51. The van der Waals surface area contributed by atoms with Crippen LogP contribution in [0.3, 0.4) is 0 Å². The summed E-state index contributed by atoms with van der Waals surface area (Å²) in [5, 5.41) is 19.0. The Balaban J connectivity index is 1.83. The molecule has 0 atom stereocenters. The minimum atomic E-state index is -4.88. The Morgan fingerprint density at radius 3 is 2.31 bits per heavy atom. The first-order valence-electron chi connectivity index (χ1n) is 11.0. The molecule has 0 spiro atoms. The smallest absolute Gasteiger partial charge is 0.417 e. The van der Waals surface area contributed by atoms with E-state index in [1.54, 1.807) is 24.3 Å². The number of pyridine rings is 1. The van der Waals surface area contributed by atoms with E-state index in [1.165, 1.54) is 34.9 Å². The van der Waals surface area contributed by atoms with Crippen molar-refractivity contribution in [2.45, 2.75) is 26.6 Å². The lowest BCUT2D eigenvalue weighted by Gasteiger charge is -2.19. The highest BCUT2D eigenvalue weighted by Gasteiger charge is 2.36. The number of phenolic OH excluding ortho intramolecular Hbond substituents is 1. The molecule has 0 amide bonds. The first-order chi connectivity index (χ1) is 17.1. The van der Waals surface area contributed by atoms with Crippen LogP contribution in [-0.2, 0) is 12.7 Å². The number of hydrogen-bond acceptors (Lipinski definition) is 4. The zero-order valence-electron chi connectivity index (χ0n) is 19.4. The highest BCUT2D eigenvalue weighted by Crippen LogP contribution is 2.34. The number of hydrogen-bond donors (Lipinski definition) is 1. The zero-order chi connectivity index (χ0) is 26.0. The van der Waals surface area contributed by atoms with Crippen LogP contribution in [0.15, 0.2) is 77.6 Å². The highest BCUT2D eigenvalue weighted by atomic mass is 19.4. The predicted molar refractivity (Wildman–Crippen MR) is 129 cm³/mol. The molecule has 0 saturated carbocycles. The van der Waals surface area contributed by atoms with Gasteiger partial charge in [-0.2, -0.15) is 18.4 Å². The molecule has 3 aromatic carbocycles. The monoisotopic (exact) mass is 490 g/mol. The van der Waals surface area contributed by atoms with Crippen LogP contribution < -0.4 is 10.3 Å². The van der Waals surface area contributed by atoms with E-state index in [0.717, 1.165) is 22.8 Å². The summed E-state index contributed by atoms with van der Waals surface area (Å²) in [4.78, 5) is 13.2. The molecule has 1 N–H and O–H groups in total. The number of aryl methyl sites for hydroxylation is 2. The maximum Gasteiger partial charge on any atom is 0.417 e. The van der Waals surface area contributed by atoms with Crippen molar-refractivity contribution in [1.82, 2.24) is 4.57 Å². The molecular weight excluding hydrogens is 469 g/mol. The largest absolute Gasteiger partial charge is 0.508 e. The number of aromatic hydroxyl groups is 1. The first kappa shape index (κ1) is 24.6. The minimum Gasteiger partial charge on any atom is -0.508 e. The average molecular weight is 490 g/mol. The van der Waals surface area contributed by atoms with Gasteiger partial charge in [-0.1, -0.05) is 29.8 Å². The van der Waals surface area contributed by atoms with Gasteiger partial charge in [0.25, 0.3) is 5.56 Å². The standard InChI is InChI=1S/C28H21F3N2O3/c1-17-6-7-20(18(2)12-17)16-33-26(14-25(28(29,30)31)24(15-32)27(33)35)19-8-10-22(11-9-19)36-23-5-3-4-21(34)13-23/h3-14,34H,16H2,1-2H3. The second-order valence-electron chi connectivity index (χ2n) is 8.37. The Morgan fingerprint density at radius 1 is 0.972 bits per heavy atom. The van der Waals surface area contributed by atoms with E-state index < -0.39 is 22.9 Å². The summed E-state index contributed by atoms with van der Waals surface area (Å²) >= 11 is 0. The van der Waals surface area contributed by atoms with Gasteiger partial charge in [0, 0.05) is 6.07 Å². The van der Waals surface area contributed by atoms with Crippen LogP contribution >= 0.6 is 0 Å². The summed E-state index contributed by atoms with van der Waals surface area (Å²) in [5.74, 6) is 0.793. The molecule has 0 aliphatic carbocycles. The quantitative estimate of drug-likeness (QED) is 0.343. The summed E-state index contributed by atoms with van der Waals surface area (Å²) in [5.41, 5.74) is -0.233. The molecule has 4 rings (SSSR count). The third kappa shape index (κ3) is 5.10. The lowest BCUT2D eigenvalue weighted by atomic mass is 10.0. The summed E-state index contributed by atoms with van der Waals surface area (Å²) in [6, 6.07) is 20.2. The first-order valence-corrected chi connectivity index (χ1v) is 11.0. The van der Waals surface area contributed by atoms with Crippen molar-refractivity contribution >= 4 is 0 Å². The van der Waals surface area contributed by atoms with Gasteiger partial charge in [-0.25, -0.2) is 0 Å². The van der Waals surface area contributed by atoms with Gasteiger partial charge in [-0.3, -0.25) is 4.79 Å². The third-order valence-electron chi connectivity index (χ3n) is 5.75. The number of nitrogens with zero attached hydrogens (tertiary/aromatic N) is 2. The Kier molecular flexibility index (Phi) is 6.58. The van der Waals surface area contributed by atoms with E-state index in [1.807, 2.05) is 32.0 Å². The van der Waals surface area contributed by atoms with E-state index in [4.69, 9.17) is 4.74 Å². The van der Waals surface area contributed by atoms with Crippen molar-refractivity contribution in [2.75, 3.05) is 0 Å². The molecule has 0 fully saturated rings. The van der Waals surface area contributed by atoms with Crippen LogP contribution in [0.1, 0.15) is 27.8 Å². The zero-order valence-corrected chi connectivity index (χ0v) is 19.4. The molecule has 0 bridgehead atoms. The molecule has 8 heteroatoms. The number of benzene rings is 3. The molecule has 0 radical (unpaired) electrons. The van der Waals surface area contributed by atoms with Gasteiger partial charge in [0.05, 0.1) is 17.8 Å². The van der Waals surface area contributed by atoms with Crippen LogP contribution in [0, 0.1) is 25.2 Å². The molecule has 182 valence electrons. The van der Waals surface area contributed by atoms with E-state index in [2.05, 4.69) is 0 Å². The molecule has 4 aromatic rings. The highest BCUT2D eigenvalue weighted by molar-refractivity contribution is 5.64. The van der Waals surface area contributed by atoms with E-state index in [-0.39, 0.29) is 18.0 Å². The molecule has 0 aliphatic heterocycles. The van der Waals surface area contributed by atoms with Crippen molar-refractivity contribution < 1.29 is 23.0 Å². The predicted octanol–water partition coefficient (Wildman–Crippen LogP) is 6.57. The molecule has 1 aromatic heterocycles. The molecule has 5 nitrogen and oxygen atoms in total. The number of ether oxygens (including phenoxy) is 1. The maximum absolute atomic E-state index is 13.8. The van der Waals surface area contributed by atoms with Crippen molar-refractivity contribution in [1.29, 1.82) is 5.26 Å². The van der Waals surface area contributed by atoms with E-state index in [0.29, 0.717) is 17.1 Å². The minimum absolute atomic E-state index is 0.00532. The fourth-order valence-corrected chi connectivity index (χ4v) is 3.94. The SMILES string of the molecule is Cc1ccc(Cn2c(-c3ccc(Oc4cccc(O)c4)cc3)cc(C(F)(F)F)c(C#N)c2=O)c(C)c1. The number of phenols is 1. The summed E-state index contributed by atoms with van der Waals surface area (Å²) in [7, 11) is 0. The maximum atomic E-state index is 13.8. The lowest BCUT2D eigenvalue weighted by molar-refractivity contribution is -0.137. The van der Waals surface area contributed by atoms with E-state index in [9.17, 15) is 28.3 Å². The van der Waals surface area contributed by atoms with Crippen molar-refractivity contribution in [2.24, 2.45) is 0 Å². The fourth-order valence-electron chi connectivity index (χ4n) is 3.94. The fraction of sp³-hybridized carbons (Fsp3) is 0.143. The average Bonchev–Trinajstić information content (AvgIpc) is 2.81. The Morgan fingerprint density at radius 2 is 1.69 bits per heavy atom. The normalized spacial score (nSPS) is 11.2. The van der Waals surface area contributed by atoms with Crippen LogP contribution in [0.5, 0.6) is 17.2 Å². The van der Waals surface area contributed by atoms with Crippen LogP contribution in [0.25, 0.3) is 11.3 Å². The lowest BCUT2D eigenvalue weighted by Crippen LogP contribution is -2.29. The van der Waals surface area contributed by atoms with Gasteiger partial charge in [0.1, 0.15) is 28.9 Å². The molecule has 0 aliphatic rings. The topological polar surface area (TPSA) is 75.2 Å². The Labute approximate surface area is 205 Å². The summed E-state index contributed by atoms with van der Waals surface area (Å²) in [6.07, 6.45) is -4.88. The summed E-state index contributed by atoms with van der Waals surface area (Å²) < 4.78 is 48.2. The van der Waals surface area contributed by atoms with Gasteiger partial charge in [-0.05, 0) is 73.0 Å². The number of alkyl halides is 3. The summed E-state index contributed by atoms with van der Waals surface area (Å²) in [6.45, 7) is 3.77. The van der Waals surface area contributed by atoms with Crippen LogP contribution in [0.2, 0.25) is 0 Å². The number of nitriles is 1. The number of rotatable bonds is 5. The van der Waals surface area contributed by atoms with Gasteiger partial charge < -0.3 is 14.4 Å². The second kappa shape index (κ2) is 9.62. The second-order valence-corrected chi connectivity index (χ2v) is 8.37. The van der Waals surface area contributed by atoms with Crippen LogP contribution in [0.4, 0.5) is 13.2 Å². The van der Waals surface area contributed by atoms with Gasteiger partial charge in [0.2, 0.25) is 0 Å². The van der Waals surface area contributed by atoms with Gasteiger partial charge in [-0.15, -0.1) is 0 Å². The van der Waals surface area contributed by atoms with Gasteiger partial charge in [0.15, 0.2) is 0 Å². The number of aromatic nitrogens is 1. The molecule has 36 heavy (non-hydrogen) atoms. The van der Waals surface area contributed by atoms with Crippen LogP contribution in [-0.4, -0.2) is 9.67 Å². The third-order valence-corrected chi connectivity index (χ3v) is 5.75. The Bertz CT molecular complexity index is 1530. The van der Waals surface area contributed by atoms with Crippen molar-refractivity contribution in [3.63, 3.8) is 0 Å². The van der Waals surface area contributed by atoms with Gasteiger partial charge >= 0.3 is 6.18 Å². The molecular formula is C28H21F3N2O3. The molecule has 0 unspecified atom stereocenters. The van der Waals surface area contributed by atoms with Crippen molar-refractivity contribution in [3.05, 3.63) is 111 Å². The molecule has 0 saturated heterocycles. The number of halogens is 3. The molecule has 1 heterocycles. The van der Waals surface area contributed by atoms with Crippen molar-refractivity contribution in [3.8, 4) is 34.6 Å². The van der Waals surface area contributed by atoms with E-state index >= 15 is 0 Å².